The number of piperidine rings is 1. The molecule has 1 amide bonds. The Morgan fingerprint density at radius 3 is 2.51 bits per heavy atom. The van der Waals surface area contributed by atoms with Gasteiger partial charge in [0.15, 0.2) is 0 Å². The first-order valence-corrected chi connectivity index (χ1v) is 12.5. The average Bonchev–Trinajstić information content (AvgIpc) is 3.20. The minimum absolute atomic E-state index is 0.0523. The summed E-state index contributed by atoms with van der Waals surface area (Å²) >= 11 is 0. The number of carbonyl (C=O) groups excluding carboxylic acids is 1. The smallest absolute Gasteiger partial charge is 0.327 e. The second-order valence-electron chi connectivity index (χ2n) is 8.94. The Bertz CT molecular complexity index is 1370. The predicted octanol–water partition coefficient (Wildman–Crippen LogP) is 4.58. The van der Waals surface area contributed by atoms with Crippen LogP contribution in [0.15, 0.2) is 59.9 Å². The molecule has 0 spiro atoms. The van der Waals surface area contributed by atoms with Crippen molar-refractivity contribution >= 4 is 33.2 Å². The summed E-state index contributed by atoms with van der Waals surface area (Å²) in [6.07, 6.45) is 0.597. The monoisotopic (exact) mass is 506 g/mol. The van der Waals surface area contributed by atoms with Crippen molar-refractivity contribution in [1.82, 2.24) is 19.2 Å². The van der Waals surface area contributed by atoms with Gasteiger partial charge in [-0.15, -0.1) is 0 Å². The van der Waals surface area contributed by atoms with Crippen LogP contribution in [0.4, 0.5) is 13.2 Å². The van der Waals surface area contributed by atoms with Crippen molar-refractivity contribution in [3.63, 3.8) is 0 Å². The molecular weight excluding hydrogens is 481 g/mol. The number of carbonyl (C=O) groups is 1. The van der Waals surface area contributed by atoms with E-state index in [0.717, 1.165) is 18.6 Å². The Labute approximate surface area is 201 Å². The van der Waals surface area contributed by atoms with Gasteiger partial charge in [0.1, 0.15) is 0 Å². The third kappa shape index (κ3) is 5.40. The van der Waals surface area contributed by atoms with Gasteiger partial charge >= 0.3 is 6.18 Å². The summed E-state index contributed by atoms with van der Waals surface area (Å²) in [6.45, 7) is 4.92. The molecular formula is C24H25F3N4O3S. The molecule has 2 atom stereocenters. The Balaban J connectivity index is 1.48. The fraction of sp³-hybridized carbons (Fsp3) is 0.333. The van der Waals surface area contributed by atoms with Crippen LogP contribution >= 0.6 is 0 Å². The summed E-state index contributed by atoms with van der Waals surface area (Å²) in [5, 5.41) is 2.55. The first kappa shape index (κ1) is 24.9. The molecule has 1 fully saturated rings. The van der Waals surface area contributed by atoms with Gasteiger partial charge in [-0.3, -0.25) is 4.79 Å². The number of amides is 1. The number of sulfonamides is 1. The zero-order valence-corrected chi connectivity index (χ0v) is 20.0. The lowest BCUT2D eigenvalue weighted by Crippen LogP contribution is -2.42. The van der Waals surface area contributed by atoms with Gasteiger partial charge in [0.2, 0.25) is 10.0 Å². The lowest BCUT2D eigenvalue weighted by molar-refractivity contribution is -0.137. The molecule has 3 aromatic rings. The number of imidazole rings is 1. The second-order valence-corrected chi connectivity index (χ2v) is 10.9. The van der Waals surface area contributed by atoms with Gasteiger partial charge in [-0.2, -0.15) is 17.5 Å². The fourth-order valence-electron chi connectivity index (χ4n) is 4.35. The molecule has 7 nitrogen and oxygen atoms in total. The summed E-state index contributed by atoms with van der Waals surface area (Å²) in [6, 6.07) is 9.05. The van der Waals surface area contributed by atoms with Gasteiger partial charge < -0.3 is 9.88 Å². The Morgan fingerprint density at radius 1 is 1.11 bits per heavy atom. The normalized spacial score (nSPS) is 19.9. The number of nitrogens with zero attached hydrogens (tertiary/aromatic N) is 3. The van der Waals surface area contributed by atoms with Crippen molar-refractivity contribution in [2.45, 2.75) is 31.3 Å². The number of rotatable bonds is 5. The van der Waals surface area contributed by atoms with Crippen molar-refractivity contribution in [2.24, 2.45) is 11.8 Å². The number of hydrogen-bond donors (Lipinski definition) is 1. The van der Waals surface area contributed by atoms with Gasteiger partial charge in [0, 0.05) is 31.1 Å². The molecule has 1 N–H and O–H groups in total. The second kappa shape index (κ2) is 9.46. The Hall–Kier alpha value is -3.18. The number of nitrogens with one attached hydrogen (secondary N) is 1. The number of halogens is 3. The summed E-state index contributed by atoms with van der Waals surface area (Å²) in [5.41, 5.74) is -0.0355. The molecule has 35 heavy (non-hydrogen) atoms. The number of fused-ring (bicyclic) bond motifs is 1. The summed E-state index contributed by atoms with van der Waals surface area (Å²) in [7, 11) is -3.74. The van der Waals surface area contributed by atoms with E-state index in [1.807, 2.05) is 13.8 Å². The van der Waals surface area contributed by atoms with Crippen LogP contribution in [0.25, 0.3) is 17.2 Å². The highest BCUT2D eigenvalue weighted by Gasteiger charge is 2.32. The zero-order chi connectivity index (χ0) is 25.4. The molecule has 4 rings (SSSR count). The first-order valence-electron chi connectivity index (χ1n) is 11.1. The van der Waals surface area contributed by atoms with E-state index >= 15 is 0 Å². The van der Waals surface area contributed by atoms with Crippen LogP contribution in [0.3, 0.4) is 0 Å². The molecule has 2 aromatic carbocycles. The SMILES string of the molecule is C[C@@H]1C[C@H](C)CN(S(=O)(=O)c2cccc(C(=O)N/C=C/n3cnc4cc(C(F)(F)F)ccc43)c2)C1. The molecule has 11 heteroatoms. The standard InChI is InChI=1S/C24H25F3N4O3S/c1-16-10-17(2)14-31(13-16)35(33,34)20-5-3-4-18(11-20)23(32)28-8-9-30-15-29-21-12-19(24(25,26)27)6-7-22(21)30/h3-9,11-12,15-17H,10,13-14H2,1-2H3,(H,28,32)/b9-8+/t16-,17+. The van der Waals surface area contributed by atoms with Crippen molar-refractivity contribution in [3.05, 3.63) is 66.1 Å². The molecule has 186 valence electrons. The first-order chi connectivity index (χ1) is 16.4. The lowest BCUT2D eigenvalue weighted by atomic mass is 9.94. The maximum atomic E-state index is 13.1. The summed E-state index contributed by atoms with van der Waals surface area (Å²) < 4.78 is 67.8. The van der Waals surface area contributed by atoms with E-state index in [-0.39, 0.29) is 27.8 Å². The van der Waals surface area contributed by atoms with E-state index in [4.69, 9.17) is 0 Å². The van der Waals surface area contributed by atoms with Crippen LogP contribution in [0.2, 0.25) is 0 Å². The largest absolute Gasteiger partial charge is 0.416 e. The molecule has 0 aliphatic carbocycles. The topological polar surface area (TPSA) is 84.3 Å². The third-order valence-electron chi connectivity index (χ3n) is 5.92. The number of benzene rings is 2. The Morgan fingerprint density at radius 2 is 1.83 bits per heavy atom. The molecule has 0 radical (unpaired) electrons. The van der Waals surface area contributed by atoms with Crippen molar-refractivity contribution in [1.29, 1.82) is 0 Å². The predicted molar refractivity (Wildman–Crippen MR) is 126 cm³/mol. The van der Waals surface area contributed by atoms with Crippen LogP contribution in [-0.4, -0.2) is 41.3 Å². The fourth-order valence-corrected chi connectivity index (χ4v) is 6.08. The molecule has 0 unspecified atom stereocenters. The third-order valence-corrected chi connectivity index (χ3v) is 7.75. The highest BCUT2D eigenvalue weighted by atomic mass is 32.2. The molecule has 0 bridgehead atoms. The van der Waals surface area contributed by atoms with Crippen molar-refractivity contribution < 1.29 is 26.4 Å². The van der Waals surface area contributed by atoms with Crippen molar-refractivity contribution in [2.75, 3.05) is 13.1 Å². The van der Waals surface area contributed by atoms with E-state index in [2.05, 4.69) is 10.3 Å². The van der Waals surface area contributed by atoms with Crippen LogP contribution < -0.4 is 5.32 Å². The van der Waals surface area contributed by atoms with E-state index in [0.29, 0.717) is 18.6 Å². The van der Waals surface area contributed by atoms with Crippen LogP contribution in [0.5, 0.6) is 0 Å². The van der Waals surface area contributed by atoms with E-state index in [9.17, 15) is 26.4 Å². The van der Waals surface area contributed by atoms with Crippen LogP contribution in [0.1, 0.15) is 36.2 Å². The molecule has 2 heterocycles. The summed E-state index contributed by atoms with van der Waals surface area (Å²) in [4.78, 5) is 16.7. The van der Waals surface area contributed by atoms with Gasteiger partial charge in [-0.25, -0.2) is 13.4 Å². The van der Waals surface area contributed by atoms with E-state index < -0.39 is 27.7 Å². The quantitative estimate of drug-likeness (QED) is 0.549. The lowest BCUT2D eigenvalue weighted by Gasteiger charge is -2.34. The highest BCUT2D eigenvalue weighted by molar-refractivity contribution is 7.89. The molecule has 1 aliphatic rings. The average molecular weight is 507 g/mol. The van der Waals surface area contributed by atoms with Gasteiger partial charge in [0.25, 0.3) is 5.91 Å². The summed E-state index contributed by atoms with van der Waals surface area (Å²) in [5.74, 6) is -0.0173. The minimum Gasteiger partial charge on any atom is -0.327 e. The van der Waals surface area contributed by atoms with E-state index in [1.54, 1.807) is 0 Å². The van der Waals surface area contributed by atoms with Gasteiger partial charge in [-0.05, 0) is 54.7 Å². The Kier molecular flexibility index (Phi) is 6.74. The molecule has 1 saturated heterocycles. The van der Waals surface area contributed by atoms with Gasteiger partial charge in [-0.1, -0.05) is 19.9 Å². The minimum atomic E-state index is -4.46. The molecule has 0 saturated carbocycles. The van der Waals surface area contributed by atoms with Crippen molar-refractivity contribution in [3.8, 4) is 0 Å². The zero-order valence-electron chi connectivity index (χ0n) is 19.2. The number of aromatic nitrogens is 2. The number of hydrogen-bond acceptors (Lipinski definition) is 4. The van der Waals surface area contributed by atoms with Crippen LogP contribution in [-0.2, 0) is 16.2 Å². The van der Waals surface area contributed by atoms with Crippen LogP contribution in [0, 0.1) is 11.8 Å². The van der Waals surface area contributed by atoms with Gasteiger partial charge in [0.05, 0.1) is 27.8 Å². The molecule has 1 aromatic heterocycles. The maximum absolute atomic E-state index is 13.1. The highest BCUT2D eigenvalue weighted by Crippen LogP contribution is 2.31. The van der Waals surface area contributed by atoms with E-state index in [1.165, 1.54) is 57.9 Å². The number of alkyl halides is 3. The molecule has 1 aliphatic heterocycles. The maximum Gasteiger partial charge on any atom is 0.416 e.